The van der Waals surface area contributed by atoms with Crippen LogP contribution in [0.1, 0.15) is 29.6 Å². The molecule has 2 heterocycles. The molecule has 1 saturated heterocycles. The molecule has 1 N–H and O–H groups in total. The van der Waals surface area contributed by atoms with Gasteiger partial charge in [-0.2, -0.15) is 0 Å². The molecule has 2 amide bonds. The molecule has 1 fully saturated rings. The SMILES string of the molecule is O=C(NCCCn1ccc2ccccc21)C1CCCN(C(=O)c2ccc(F)cc2)C1. The van der Waals surface area contributed by atoms with Crippen molar-refractivity contribution in [1.82, 2.24) is 14.8 Å². The van der Waals surface area contributed by atoms with Crippen LogP contribution in [0.25, 0.3) is 10.9 Å². The van der Waals surface area contributed by atoms with Crippen LogP contribution >= 0.6 is 0 Å². The number of nitrogens with zero attached hydrogens (tertiary/aromatic N) is 2. The zero-order valence-corrected chi connectivity index (χ0v) is 16.9. The molecule has 156 valence electrons. The Morgan fingerprint density at radius 2 is 1.87 bits per heavy atom. The van der Waals surface area contributed by atoms with Gasteiger partial charge in [-0.25, -0.2) is 4.39 Å². The molecular weight excluding hydrogens is 381 g/mol. The Morgan fingerprint density at radius 3 is 2.70 bits per heavy atom. The average molecular weight is 407 g/mol. The van der Waals surface area contributed by atoms with Gasteiger partial charge in [-0.1, -0.05) is 18.2 Å². The first-order valence-electron chi connectivity index (χ1n) is 10.5. The number of fused-ring (bicyclic) bond motifs is 1. The fourth-order valence-corrected chi connectivity index (χ4v) is 4.09. The van der Waals surface area contributed by atoms with E-state index in [1.807, 2.05) is 12.1 Å². The first kappa shape index (κ1) is 20.1. The molecule has 1 atom stereocenters. The molecule has 3 aromatic rings. The number of carbonyl (C=O) groups excluding carboxylic acids is 2. The van der Waals surface area contributed by atoms with Crippen molar-refractivity contribution in [2.75, 3.05) is 19.6 Å². The second-order valence-corrected chi connectivity index (χ2v) is 7.81. The quantitative estimate of drug-likeness (QED) is 0.632. The largest absolute Gasteiger partial charge is 0.356 e. The lowest BCUT2D eigenvalue weighted by Crippen LogP contribution is -2.45. The van der Waals surface area contributed by atoms with Gasteiger partial charge in [-0.05, 0) is 61.0 Å². The standard InChI is InChI=1S/C24H26FN3O2/c25-21-10-8-19(9-11-21)24(30)28-14-3-6-20(17-28)23(29)26-13-4-15-27-16-12-18-5-1-2-7-22(18)27/h1-2,5,7-12,16,20H,3-4,6,13-15,17H2,(H,26,29). The number of hydrogen-bond donors (Lipinski definition) is 1. The highest BCUT2D eigenvalue weighted by Gasteiger charge is 2.28. The topological polar surface area (TPSA) is 54.3 Å². The van der Waals surface area contributed by atoms with Crippen LogP contribution in [-0.2, 0) is 11.3 Å². The molecule has 0 aliphatic carbocycles. The van der Waals surface area contributed by atoms with Gasteiger partial charge in [-0.3, -0.25) is 9.59 Å². The maximum Gasteiger partial charge on any atom is 0.253 e. The highest BCUT2D eigenvalue weighted by molar-refractivity contribution is 5.94. The predicted octanol–water partition coefficient (Wildman–Crippen LogP) is 3.84. The lowest BCUT2D eigenvalue weighted by molar-refractivity contribution is -0.126. The molecule has 1 aromatic heterocycles. The minimum Gasteiger partial charge on any atom is -0.356 e. The number of para-hydroxylation sites is 1. The number of likely N-dealkylation sites (tertiary alicyclic amines) is 1. The summed E-state index contributed by atoms with van der Waals surface area (Å²) in [6, 6.07) is 15.9. The average Bonchev–Trinajstić information content (AvgIpc) is 3.20. The number of carbonyl (C=O) groups is 2. The predicted molar refractivity (Wildman–Crippen MR) is 115 cm³/mol. The van der Waals surface area contributed by atoms with Crippen LogP contribution in [0.15, 0.2) is 60.8 Å². The number of aromatic nitrogens is 1. The van der Waals surface area contributed by atoms with Crippen LogP contribution in [0.4, 0.5) is 4.39 Å². The van der Waals surface area contributed by atoms with E-state index in [2.05, 4.69) is 34.3 Å². The smallest absolute Gasteiger partial charge is 0.253 e. The normalized spacial score (nSPS) is 16.6. The van der Waals surface area contributed by atoms with Gasteiger partial charge in [-0.15, -0.1) is 0 Å². The Bertz CT molecular complexity index is 1030. The van der Waals surface area contributed by atoms with Gasteiger partial charge in [0.1, 0.15) is 5.82 Å². The second kappa shape index (κ2) is 9.11. The summed E-state index contributed by atoms with van der Waals surface area (Å²) in [5.74, 6) is -0.707. The third-order valence-corrected chi connectivity index (χ3v) is 5.73. The summed E-state index contributed by atoms with van der Waals surface area (Å²) in [4.78, 5) is 27.0. The van der Waals surface area contributed by atoms with Crippen LogP contribution < -0.4 is 5.32 Å². The summed E-state index contributed by atoms with van der Waals surface area (Å²) in [5.41, 5.74) is 1.66. The van der Waals surface area contributed by atoms with E-state index in [4.69, 9.17) is 0 Å². The van der Waals surface area contributed by atoms with Crippen molar-refractivity contribution in [2.45, 2.75) is 25.8 Å². The van der Waals surface area contributed by atoms with Crippen LogP contribution in [0, 0.1) is 11.7 Å². The minimum atomic E-state index is -0.365. The Hall–Kier alpha value is -3.15. The van der Waals surface area contributed by atoms with E-state index in [0.717, 1.165) is 25.8 Å². The van der Waals surface area contributed by atoms with Gasteiger partial charge in [0.25, 0.3) is 5.91 Å². The monoisotopic (exact) mass is 407 g/mol. The van der Waals surface area contributed by atoms with E-state index in [1.54, 1.807) is 4.90 Å². The molecule has 4 rings (SSSR count). The zero-order valence-electron chi connectivity index (χ0n) is 16.9. The molecule has 30 heavy (non-hydrogen) atoms. The summed E-state index contributed by atoms with van der Waals surface area (Å²) in [6.07, 6.45) is 4.49. The fraction of sp³-hybridized carbons (Fsp3) is 0.333. The van der Waals surface area contributed by atoms with Crippen LogP contribution in [0.3, 0.4) is 0 Å². The molecule has 5 nitrogen and oxygen atoms in total. The van der Waals surface area contributed by atoms with Crippen LogP contribution in [-0.4, -0.2) is 40.9 Å². The first-order valence-corrected chi connectivity index (χ1v) is 10.5. The number of nitrogens with one attached hydrogen (secondary N) is 1. The third kappa shape index (κ3) is 4.53. The molecule has 1 aliphatic rings. The maximum atomic E-state index is 13.1. The summed E-state index contributed by atoms with van der Waals surface area (Å²) < 4.78 is 15.3. The van der Waals surface area contributed by atoms with E-state index in [0.29, 0.717) is 25.2 Å². The molecule has 2 aromatic carbocycles. The van der Waals surface area contributed by atoms with Gasteiger partial charge in [0, 0.05) is 43.5 Å². The molecule has 1 aliphatic heterocycles. The van der Waals surface area contributed by atoms with Crippen LogP contribution in [0.5, 0.6) is 0 Å². The molecule has 0 bridgehead atoms. The van der Waals surface area contributed by atoms with E-state index in [-0.39, 0.29) is 23.5 Å². The Balaban J connectivity index is 1.26. The molecular formula is C24H26FN3O2. The number of amides is 2. The lowest BCUT2D eigenvalue weighted by atomic mass is 9.96. The van der Waals surface area contributed by atoms with Crippen molar-refractivity contribution in [3.05, 3.63) is 72.2 Å². The van der Waals surface area contributed by atoms with Crippen molar-refractivity contribution < 1.29 is 14.0 Å². The van der Waals surface area contributed by atoms with Crippen molar-refractivity contribution in [2.24, 2.45) is 5.92 Å². The van der Waals surface area contributed by atoms with Crippen molar-refractivity contribution >= 4 is 22.7 Å². The number of rotatable bonds is 6. The summed E-state index contributed by atoms with van der Waals surface area (Å²) in [7, 11) is 0. The molecule has 0 radical (unpaired) electrons. The van der Waals surface area contributed by atoms with Crippen molar-refractivity contribution in [3.8, 4) is 0 Å². The van der Waals surface area contributed by atoms with E-state index in [9.17, 15) is 14.0 Å². The van der Waals surface area contributed by atoms with E-state index >= 15 is 0 Å². The third-order valence-electron chi connectivity index (χ3n) is 5.73. The zero-order chi connectivity index (χ0) is 20.9. The Morgan fingerprint density at radius 1 is 1.07 bits per heavy atom. The Labute approximate surface area is 175 Å². The lowest BCUT2D eigenvalue weighted by Gasteiger charge is -2.32. The van der Waals surface area contributed by atoms with Gasteiger partial charge >= 0.3 is 0 Å². The van der Waals surface area contributed by atoms with E-state index < -0.39 is 0 Å². The van der Waals surface area contributed by atoms with Crippen molar-refractivity contribution in [3.63, 3.8) is 0 Å². The number of halogens is 1. The number of piperidine rings is 1. The minimum absolute atomic E-state index is 0.00368. The highest BCUT2D eigenvalue weighted by Crippen LogP contribution is 2.19. The highest BCUT2D eigenvalue weighted by atomic mass is 19.1. The molecule has 0 saturated carbocycles. The number of benzene rings is 2. The summed E-state index contributed by atoms with van der Waals surface area (Å²) in [6.45, 7) is 2.48. The van der Waals surface area contributed by atoms with Gasteiger partial charge < -0.3 is 14.8 Å². The Kier molecular flexibility index (Phi) is 6.12. The maximum absolute atomic E-state index is 13.1. The fourth-order valence-electron chi connectivity index (χ4n) is 4.09. The van der Waals surface area contributed by atoms with Gasteiger partial charge in [0.05, 0.1) is 5.92 Å². The van der Waals surface area contributed by atoms with Gasteiger partial charge in [0.2, 0.25) is 5.91 Å². The number of aryl methyl sites for hydroxylation is 1. The summed E-state index contributed by atoms with van der Waals surface area (Å²) in [5, 5.41) is 4.25. The molecule has 0 spiro atoms. The summed E-state index contributed by atoms with van der Waals surface area (Å²) >= 11 is 0. The first-order chi connectivity index (χ1) is 14.6. The van der Waals surface area contributed by atoms with Gasteiger partial charge in [0.15, 0.2) is 0 Å². The number of hydrogen-bond acceptors (Lipinski definition) is 2. The molecule has 1 unspecified atom stereocenters. The molecule has 6 heteroatoms. The van der Waals surface area contributed by atoms with E-state index in [1.165, 1.54) is 35.2 Å². The second-order valence-electron chi connectivity index (χ2n) is 7.81. The van der Waals surface area contributed by atoms with Crippen molar-refractivity contribution in [1.29, 1.82) is 0 Å². The van der Waals surface area contributed by atoms with Crippen LogP contribution in [0.2, 0.25) is 0 Å².